The zero-order valence-corrected chi connectivity index (χ0v) is 17.0. The molecular weight excluding hydrogens is 350 g/mol. The molecule has 1 aromatic carbocycles. The molecule has 6 heteroatoms. The predicted molar refractivity (Wildman–Crippen MR) is 107 cm³/mol. The van der Waals surface area contributed by atoms with Crippen molar-refractivity contribution in [2.75, 3.05) is 32.7 Å². The average molecular weight is 382 g/mol. The van der Waals surface area contributed by atoms with Gasteiger partial charge in [-0.2, -0.15) is 0 Å². The molecule has 1 aliphatic rings. The van der Waals surface area contributed by atoms with Crippen molar-refractivity contribution in [2.45, 2.75) is 40.0 Å². The van der Waals surface area contributed by atoms with Crippen molar-refractivity contribution in [3.05, 3.63) is 35.4 Å². The number of aryl methyl sites for hydroxylation is 1. The third kappa shape index (κ3) is 4.77. The first kappa shape index (κ1) is 22.5. The van der Waals surface area contributed by atoms with Crippen LogP contribution in [0, 0.1) is 12.3 Å². The van der Waals surface area contributed by atoms with Crippen LogP contribution in [0.15, 0.2) is 24.3 Å². The number of piperazine rings is 1. The van der Waals surface area contributed by atoms with Crippen molar-refractivity contribution in [1.82, 2.24) is 9.80 Å². The molecule has 146 valence electrons. The zero-order valence-electron chi connectivity index (χ0n) is 16.2. The van der Waals surface area contributed by atoms with Crippen molar-refractivity contribution >= 4 is 24.2 Å². The molecule has 1 heterocycles. The number of benzene rings is 1. The number of carbonyl (C=O) groups is 2. The normalized spacial score (nSPS) is 14.8. The van der Waals surface area contributed by atoms with E-state index >= 15 is 0 Å². The van der Waals surface area contributed by atoms with Crippen LogP contribution in [0.1, 0.15) is 37.8 Å². The number of rotatable bonds is 6. The Balaban J connectivity index is 0.00000338. The molecule has 0 unspecified atom stereocenters. The lowest BCUT2D eigenvalue weighted by Crippen LogP contribution is -2.55. The fraction of sp³-hybridized carbons (Fsp3) is 0.600. The highest BCUT2D eigenvalue weighted by Gasteiger charge is 2.38. The fourth-order valence-electron chi connectivity index (χ4n) is 3.51. The summed E-state index contributed by atoms with van der Waals surface area (Å²) in [7, 11) is 0. The molecule has 2 rings (SSSR count). The molecule has 0 spiro atoms. The molecule has 1 saturated heterocycles. The van der Waals surface area contributed by atoms with E-state index in [-0.39, 0.29) is 24.2 Å². The number of halogens is 1. The van der Waals surface area contributed by atoms with E-state index in [4.69, 9.17) is 5.73 Å². The molecule has 0 radical (unpaired) electrons. The van der Waals surface area contributed by atoms with Gasteiger partial charge in [0.05, 0.1) is 11.8 Å². The third-order valence-electron chi connectivity index (χ3n) is 5.72. The van der Waals surface area contributed by atoms with E-state index in [1.54, 1.807) is 0 Å². The van der Waals surface area contributed by atoms with Gasteiger partial charge in [-0.15, -0.1) is 12.4 Å². The minimum Gasteiger partial charge on any atom is -0.339 e. The van der Waals surface area contributed by atoms with Gasteiger partial charge < -0.3 is 15.5 Å². The first-order valence-corrected chi connectivity index (χ1v) is 9.29. The summed E-state index contributed by atoms with van der Waals surface area (Å²) in [5.74, 6) is 0.281. The molecule has 1 fully saturated rings. The Morgan fingerprint density at radius 2 is 1.58 bits per heavy atom. The van der Waals surface area contributed by atoms with Gasteiger partial charge in [-0.25, -0.2) is 0 Å². The number of amides is 2. The van der Waals surface area contributed by atoms with Crippen LogP contribution in [-0.2, 0) is 16.0 Å². The summed E-state index contributed by atoms with van der Waals surface area (Å²) in [6, 6.07) is 7.99. The lowest BCUT2D eigenvalue weighted by atomic mass is 9.81. The first-order chi connectivity index (χ1) is 12.0. The Kier molecular flexibility index (Phi) is 8.57. The van der Waals surface area contributed by atoms with E-state index in [9.17, 15) is 9.59 Å². The minimum atomic E-state index is -0.451. The van der Waals surface area contributed by atoms with Gasteiger partial charge >= 0.3 is 0 Å². The summed E-state index contributed by atoms with van der Waals surface area (Å²) < 4.78 is 0. The third-order valence-corrected chi connectivity index (χ3v) is 5.72. The lowest BCUT2D eigenvalue weighted by molar-refractivity contribution is -0.147. The molecule has 0 atom stereocenters. The molecule has 2 N–H and O–H groups in total. The molecule has 1 aromatic rings. The maximum absolute atomic E-state index is 12.9. The van der Waals surface area contributed by atoms with Crippen LogP contribution < -0.4 is 5.73 Å². The Morgan fingerprint density at radius 3 is 2.08 bits per heavy atom. The summed E-state index contributed by atoms with van der Waals surface area (Å²) >= 11 is 0. The topological polar surface area (TPSA) is 66.6 Å². The first-order valence-electron chi connectivity index (χ1n) is 9.29. The van der Waals surface area contributed by atoms with E-state index in [0.717, 1.165) is 24.0 Å². The quantitative estimate of drug-likeness (QED) is 0.822. The number of nitrogens with zero attached hydrogens (tertiary/aromatic N) is 2. The molecule has 0 bridgehead atoms. The van der Waals surface area contributed by atoms with E-state index < -0.39 is 5.41 Å². The van der Waals surface area contributed by atoms with Gasteiger partial charge in [0.25, 0.3) is 0 Å². The Morgan fingerprint density at radius 1 is 1.04 bits per heavy atom. The van der Waals surface area contributed by atoms with Gasteiger partial charge in [0.1, 0.15) is 0 Å². The van der Waals surface area contributed by atoms with Gasteiger partial charge in [-0.05, 0) is 30.9 Å². The van der Waals surface area contributed by atoms with Crippen LogP contribution in [-0.4, -0.2) is 54.3 Å². The van der Waals surface area contributed by atoms with E-state index in [1.165, 1.54) is 0 Å². The van der Waals surface area contributed by atoms with Crippen molar-refractivity contribution in [1.29, 1.82) is 0 Å². The smallest absolute Gasteiger partial charge is 0.230 e. The molecule has 0 aliphatic carbocycles. The maximum atomic E-state index is 12.9. The van der Waals surface area contributed by atoms with Crippen LogP contribution in [0.3, 0.4) is 0 Å². The highest BCUT2D eigenvalue weighted by molar-refractivity contribution is 5.85. The van der Waals surface area contributed by atoms with Crippen LogP contribution in [0.2, 0.25) is 0 Å². The monoisotopic (exact) mass is 381 g/mol. The highest BCUT2D eigenvalue weighted by Crippen LogP contribution is 2.28. The van der Waals surface area contributed by atoms with Crippen LogP contribution in [0.4, 0.5) is 0 Å². The number of hydrogen-bond donors (Lipinski definition) is 1. The average Bonchev–Trinajstić information content (AvgIpc) is 2.65. The Bertz CT molecular complexity index is 601. The zero-order chi connectivity index (χ0) is 18.4. The molecule has 26 heavy (non-hydrogen) atoms. The molecular formula is C20H32ClN3O2. The van der Waals surface area contributed by atoms with Gasteiger partial charge in [0, 0.05) is 32.7 Å². The van der Waals surface area contributed by atoms with E-state index in [0.29, 0.717) is 39.1 Å². The second-order valence-electron chi connectivity index (χ2n) is 6.97. The summed E-state index contributed by atoms with van der Waals surface area (Å²) in [4.78, 5) is 29.2. The van der Waals surface area contributed by atoms with Crippen molar-refractivity contribution in [3.8, 4) is 0 Å². The number of hydrogen-bond acceptors (Lipinski definition) is 3. The second-order valence-corrected chi connectivity index (χ2v) is 6.97. The van der Waals surface area contributed by atoms with E-state index in [1.807, 2.05) is 54.8 Å². The summed E-state index contributed by atoms with van der Waals surface area (Å²) in [5, 5.41) is 0. The molecule has 0 aromatic heterocycles. The van der Waals surface area contributed by atoms with Gasteiger partial charge in [0.15, 0.2) is 0 Å². The van der Waals surface area contributed by atoms with Crippen molar-refractivity contribution in [3.63, 3.8) is 0 Å². The van der Waals surface area contributed by atoms with Gasteiger partial charge in [-0.3, -0.25) is 9.59 Å². The Hall–Kier alpha value is -1.59. The Labute approximate surface area is 163 Å². The summed E-state index contributed by atoms with van der Waals surface area (Å²) in [6.07, 6.45) is 1.94. The standard InChI is InChI=1S/C20H31N3O2.ClH/c1-4-20(5-2,15-21)19(25)23-12-10-22(11-13-23)18(24)14-17-9-7-6-8-16(17)3;/h6-9H,4-5,10-15,21H2,1-3H3;1H. The minimum absolute atomic E-state index is 0. The van der Waals surface area contributed by atoms with Gasteiger partial charge in [-0.1, -0.05) is 38.1 Å². The van der Waals surface area contributed by atoms with Crippen LogP contribution >= 0.6 is 12.4 Å². The summed E-state index contributed by atoms with van der Waals surface area (Å²) in [5.41, 5.74) is 7.67. The highest BCUT2D eigenvalue weighted by atomic mass is 35.5. The van der Waals surface area contributed by atoms with Crippen molar-refractivity contribution < 1.29 is 9.59 Å². The van der Waals surface area contributed by atoms with Crippen LogP contribution in [0.5, 0.6) is 0 Å². The number of nitrogens with two attached hydrogens (primary N) is 1. The SMILES string of the molecule is CCC(CC)(CN)C(=O)N1CCN(C(=O)Cc2ccccc2C)CC1.Cl. The van der Waals surface area contributed by atoms with Crippen molar-refractivity contribution in [2.24, 2.45) is 11.1 Å². The predicted octanol–water partition coefficient (Wildman–Crippen LogP) is 2.40. The maximum Gasteiger partial charge on any atom is 0.230 e. The molecule has 0 saturated carbocycles. The van der Waals surface area contributed by atoms with Crippen LogP contribution in [0.25, 0.3) is 0 Å². The summed E-state index contributed by atoms with van der Waals surface area (Å²) in [6.45, 7) is 8.86. The lowest BCUT2D eigenvalue weighted by Gasteiger charge is -2.40. The molecule has 5 nitrogen and oxygen atoms in total. The number of carbonyl (C=O) groups excluding carboxylic acids is 2. The molecule has 1 aliphatic heterocycles. The molecule has 2 amide bonds. The van der Waals surface area contributed by atoms with E-state index in [2.05, 4.69) is 0 Å². The second kappa shape index (κ2) is 9.93. The van der Waals surface area contributed by atoms with Gasteiger partial charge in [0.2, 0.25) is 11.8 Å². The fourth-order valence-corrected chi connectivity index (χ4v) is 3.51. The largest absolute Gasteiger partial charge is 0.339 e.